The van der Waals surface area contributed by atoms with E-state index in [1.165, 1.54) is 6.42 Å². The fourth-order valence-corrected chi connectivity index (χ4v) is 11.7. The van der Waals surface area contributed by atoms with Crippen LogP contribution in [-0.2, 0) is 38.1 Å². The van der Waals surface area contributed by atoms with Gasteiger partial charge in [-0.05, 0) is 136 Å². The van der Waals surface area contributed by atoms with E-state index in [1.807, 2.05) is 0 Å². The molecule has 3 N–H and O–H groups in total. The predicted octanol–water partition coefficient (Wildman–Crippen LogP) is 7.72. The first-order valence-electron chi connectivity index (χ1n) is 21.9. The Balaban J connectivity index is 0.000000606. The van der Waals surface area contributed by atoms with Crippen molar-refractivity contribution in [1.82, 2.24) is 19.1 Å². The van der Waals surface area contributed by atoms with Crippen molar-refractivity contribution in [3.63, 3.8) is 0 Å². The maximum Gasteiger partial charge on any atom is 0.306 e. The highest BCUT2D eigenvalue weighted by Gasteiger charge is 2.51. The average Bonchev–Trinajstić information content (AvgIpc) is 3.56. The van der Waals surface area contributed by atoms with Crippen LogP contribution in [0.4, 0.5) is 0 Å². The lowest BCUT2D eigenvalue weighted by Gasteiger charge is -2.36. The Morgan fingerprint density at radius 2 is 0.898 bits per heavy atom. The van der Waals surface area contributed by atoms with Crippen LogP contribution in [0.25, 0.3) is 0 Å². The van der Waals surface area contributed by atoms with Gasteiger partial charge in [-0.25, -0.2) is 3.11 Å². The van der Waals surface area contributed by atoms with Crippen LogP contribution >= 0.6 is 22.9 Å². The van der Waals surface area contributed by atoms with Crippen molar-refractivity contribution < 1.29 is 38.1 Å². The highest BCUT2D eigenvalue weighted by Crippen LogP contribution is 2.47. The van der Waals surface area contributed by atoms with Gasteiger partial charge in [-0.15, -0.1) is 0 Å². The van der Waals surface area contributed by atoms with Gasteiger partial charge < -0.3 is 39.7 Å². The lowest BCUT2D eigenvalue weighted by atomic mass is 9.75. The average molecular weight is 947 g/mol. The van der Waals surface area contributed by atoms with Crippen molar-refractivity contribution in [2.24, 2.45) is 29.1 Å². The standard InChI is InChI=1S/C36H63N3O7.C10H20INO/c1-30(2)15-24(33(7,8)37-30)21-44-27(41)18-36(13-14-40,19-28(42)45-22-25-16-31(3,4)38-34(25,9)10)20-29(43)46-23-26-17-32(5,6)39-35(26,11)12;1-9(2)6-8(7-13-5)10(3,4)12(9)11/h14,24-26,37-39H,13,15-23H2,1-12H3;8H,6-7H2,1-5H3. The van der Waals surface area contributed by atoms with Crippen molar-refractivity contribution >= 4 is 47.1 Å². The molecule has 0 bridgehead atoms. The van der Waals surface area contributed by atoms with Crippen molar-refractivity contribution in [2.75, 3.05) is 33.5 Å². The van der Waals surface area contributed by atoms with Gasteiger partial charge in [0.05, 0.1) is 45.7 Å². The first kappa shape index (κ1) is 52.0. The number of carbonyl (C=O) groups is 4. The summed E-state index contributed by atoms with van der Waals surface area (Å²) in [7, 11) is 1.79. The molecule has 0 radical (unpaired) electrons. The second kappa shape index (κ2) is 18.8. The van der Waals surface area contributed by atoms with E-state index in [-0.39, 0.29) is 102 Å². The zero-order valence-corrected chi connectivity index (χ0v) is 42.1. The zero-order valence-electron chi connectivity index (χ0n) is 40.0. The summed E-state index contributed by atoms with van der Waals surface area (Å²) in [5.41, 5.74) is -1.73. The molecule has 0 aliphatic carbocycles. The quantitative estimate of drug-likeness (QED) is 0.0458. The van der Waals surface area contributed by atoms with Crippen molar-refractivity contribution in [3.8, 4) is 0 Å². The van der Waals surface area contributed by atoms with E-state index in [9.17, 15) is 19.2 Å². The molecule has 4 fully saturated rings. The topological polar surface area (TPSA) is 145 Å². The molecular weight excluding hydrogens is 863 g/mol. The minimum absolute atomic E-state index is 0.0853. The van der Waals surface area contributed by atoms with Crippen LogP contribution < -0.4 is 16.0 Å². The third kappa shape index (κ3) is 14.1. The van der Waals surface area contributed by atoms with Crippen LogP contribution in [0.3, 0.4) is 0 Å². The minimum atomic E-state index is -1.32. The van der Waals surface area contributed by atoms with Crippen LogP contribution in [0.2, 0.25) is 0 Å². The van der Waals surface area contributed by atoms with E-state index >= 15 is 0 Å². The first-order valence-corrected chi connectivity index (χ1v) is 22.8. The van der Waals surface area contributed by atoms with E-state index < -0.39 is 23.3 Å². The Morgan fingerprint density at radius 3 is 1.12 bits per heavy atom. The summed E-state index contributed by atoms with van der Waals surface area (Å²) in [5.74, 6) is -0.744. The second-order valence-corrected chi connectivity index (χ2v) is 24.4. The molecule has 0 spiro atoms. The molecule has 4 aliphatic rings. The van der Waals surface area contributed by atoms with Crippen LogP contribution in [-0.4, -0.2) is 105 Å². The molecule has 0 saturated carbocycles. The maximum absolute atomic E-state index is 13.4. The monoisotopic (exact) mass is 947 g/mol. The van der Waals surface area contributed by atoms with Crippen molar-refractivity contribution in [3.05, 3.63) is 0 Å². The summed E-state index contributed by atoms with van der Waals surface area (Å²) in [6.07, 6.45) is 3.39. The summed E-state index contributed by atoms with van der Waals surface area (Å²) in [6.45, 7) is 36.0. The van der Waals surface area contributed by atoms with Crippen LogP contribution in [0, 0.1) is 29.1 Å². The molecule has 4 rings (SSSR count). The Labute approximate surface area is 371 Å². The van der Waals surface area contributed by atoms with E-state index in [2.05, 4.69) is 153 Å². The molecule has 59 heavy (non-hydrogen) atoms. The third-order valence-electron chi connectivity index (χ3n) is 13.9. The first-order chi connectivity index (χ1) is 26.6. The van der Waals surface area contributed by atoms with Gasteiger partial charge in [0, 0.05) is 110 Å². The number of esters is 3. The minimum Gasteiger partial charge on any atom is -0.465 e. The Kier molecular flexibility index (Phi) is 16.5. The largest absolute Gasteiger partial charge is 0.465 e. The number of rotatable bonds is 16. The SMILES string of the molecule is CC1(C)CC(COC(=O)CC(CC=O)(CC(=O)OCC2CC(C)(C)NC2(C)C)CC(=O)OCC2CC(C)(C)NC2(C)C)C(C)(C)N1.COCC1CC(C)(C)N(I)C1(C)C. The van der Waals surface area contributed by atoms with Crippen LogP contribution in [0.1, 0.15) is 162 Å². The van der Waals surface area contributed by atoms with Crippen molar-refractivity contribution in [1.29, 1.82) is 0 Å². The van der Waals surface area contributed by atoms with Gasteiger partial charge in [0.15, 0.2) is 0 Å². The molecule has 0 aromatic carbocycles. The number of nitrogens with one attached hydrogen (secondary N) is 3. The van der Waals surface area contributed by atoms with Gasteiger partial charge in [-0.2, -0.15) is 0 Å². The highest BCUT2D eigenvalue weighted by atomic mass is 127. The van der Waals surface area contributed by atoms with E-state index in [0.717, 1.165) is 25.9 Å². The van der Waals surface area contributed by atoms with Gasteiger partial charge >= 0.3 is 17.9 Å². The molecule has 0 aromatic rings. The van der Waals surface area contributed by atoms with Gasteiger partial charge in [0.25, 0.3) is 0 Å². The maximum atomic E-state index is 13.4. The second-order valence-electron chi connectivity index (χ2n) is 23.4. The third-order valence-corrected chi connectivity index (χ3v) is 16.4. The number of carbonyl (C=O) groups excluding carboxylic acids is 4. The summed E-state index contributed by atoms with van der Waals surface area (Å²) in [5, 5.41) is 10.8. The highest BCUT2D eigenvalue weighted by molar-refractivity contribution is 14.1. The van der Waals surface area contributed by atoms with E-state index in [1.54, 1.807) is 7.11 Å². The molecule has 4 heterocycles. The van der Waals surface area contributed by atoms with Gasteiger partial charge in [0.1, 0.15) is 6.29 Å². The molecule has 4 atom stereocenters. The van der Waals surface area contributed by atoms with E-state index in [4.69, 9.17) is 18.9 Å². The molecule has 12 nitrogen and oxygen atoms in total. The Morgan fingerprint density at radius 1 is 0.576 bits per heavy atom. The fourth-order valence-electron chi connectivity index (χ4n) is 11.1. The molecule has 4 saturated heterocycles. The number of hydrogen-bond donors (Lipinski definition) is 3. The summed E-state index contributed by atoms with van der Waals surface area (Å²) in [6, 6.07) is 0. The molecule has 342 valence electrons. The molecule has 13 heteroatoms. The molecule has 0 amide bonds. The van der Waals surface area contributed by atoms with Crippen LogP contribution in [0.5, 0.6) is 0 Å². The Bertz CT molecular complexity index is 1360. The number of ether oxygens (including phenoxy) is 4. The number of nitrogens with zero attached hydrogens (tertiary/aromatic N) is 1. The molecular formula is C46H83IN4O8. The molecule has 0 aromatic heterocycles. The zero-order chi connectivity index (χ0) is 45.3. The lowest BCUT2D eigenvalue weighted by molar-refractivity contribution is -0.157. The smallest absolute Gasteiger partial charge is 0.306 e. The predicted molar refractivity (Wildman–Crippen MR) is 242 cm³/mol. The Hall–Kier alpha value is -1.39. The fraction of sp³-hybridized carbons (Fsp3) is 0.913. The molecule has 4 unspecified atom stereocenters. The molecule has 4 aliphatic heterocycles. The summed E-state index contributed by atoms with van der Waals surface area (Å²) >= 11 is 2.45. The van der Waals surface area contributed by atoms with Gasteiger partial charge in [0.2, 0.25) is 0 Å². The number of aldehydes is 1. The summed E-state index contributed by atoms with van der Waals surface area (Å²) < 4.78 is 25.1. The number of methoxy groups -OCH3 is 1. The van der Waals surface area contributed by atoms with Gasteiger partial charge in [-0.3, -0.25) is 14.4 Å². The van der Waals surface area contributed by atoms with Crippen LogP contribution in [0.15, 0.2) is 0 Å². The van der Waals surface area contributed by atoms with E-state index in [0.29, 0.717) is 17.7 Å². The lowest BCUT2D eigenvalue weighted by Crippen LogP contribution is -2.46. The number of halogens is 1. The summed E-state index contributed by atoms with van der Waals surface area (Å²) in [4.78, 5) is 52.2. The normalized spacial score (nSPS) is 30.1. The van der Waals surface area contributed by atoms with Gasteiger partial charge in [-0.1, -0.05) is 0 Å². The number of hydrogen-bond acceptors (Lipinski definition) is 12. The van der Waals surface area contributed by atoms with Crippen molar-refractivity contribution in [2.45, 2.75) is 206 Å².